The summed E-state index contributed by atoms with van der Waals surface area (Å²) in [4.78, 5) is 28.8. The molecule has 4 aromatic rings. The highest BCUT2D eigenvalue weighted by Gasteiger charge is 2.36. The van der Waals surface area contributed by atoms with Crippen LogP contribution in [0.3, 0.4) is 0 Å². The summed E-state index contributed by atoms with van der Waals surface area (Å²) in [6.45, 7) is 3.85. The Bertz CT molecular complexity index is 1300. The summed E-state index contributed by atoms with van der Waals surface area (Å²) in [5, 5.41) is 10.5. The first-order valence-electron chi connectivity index (χ1n) is 12.5. The van der Waals surface area contributed by atoms with Crippen molar-refractivity contribution < 1.29 is 14.5 Å². The fraction of sp³-hybridized carbons (Fsp3) is 0.241. The van der Waals surface area contributed by atoms with E-state index in [4.69, 9.17) is 4.65 Å². The highest BCUT2D eigenvalue weighted by atomic mass is 16.5. The Hall–Kier alpha value is -3.88. The van der Waals surface area contributed by atoms with Crippen LogP contribution in [0.25, 0.3) is 0 Å². The van der Waals surface area contributed by atoms with E-state index in [0.29, 0.717) is 31.6 Å². The molecule has 0 radical (unpaired) electrons. The van der Waals surface area contributed by atoms with Crippen LogP contribution in [0.5, 0.6) is 5.75 Å². The van der Waals surface area contributed by atoms with Crippen molar-refractivity contribution in [3.8, 4) is 5.75 Å². The molecule has 4 heterocycles. The number of pyridine rings is 3. The maximum atomic E-state index is 13.0. The monoisotopic (exact) mass is 492 g/mol. The van der Waals surface area contributed by atoms with Crippen LogP contribution in [0, 0.1) is 6.92 Å². The fourth-order valence-electron chi connectivity index (χ4n) is 4.69. The number of ketones is 1. The molecule has 3 aromatic heterocycles. The molecule has 1 N–H and O–H groups in total. The molecule has 0 fully saturated rings. The van der Waals surface area contributed by atoms with E-state index in [9.17, 15) is 9.82 Å². The van der Waals surface area contributed by atoms with Crippen LogP contribution in [0.15, 0.2) is 85.3 Å². The molecule has 0 unspecified atom stereocenters. The van der Waals surface area contributed by atoms with Crippen molar-refractivity contribution in [2.75, 3.05) is 0 Å². The van der Waals surface area contributed by atoms with Gasteiger partial charge in [-0.2, -0.15) is 0 Å². The number of para-hydroxylation sites is 1. The maximum Gasteiger partial charge on any atom is 0.526 e. The van der Waals surface area contributed by atoms with Gasteiger partial charge in [0.15, 0.2) is 5.78 Å². The van der Waals surface area contributed by atoms with Crippen molar-refractivity contribution in [3.05, 3.63) is 119 Å². The average Bonchev–Trinajstić information content (AvgIpc) is 2.91. The molecular weight excluding hydrogens is 463 g/mol. The van der Waals surface area contributed by atoms with Gasteiger partial charge in [0.2, 0.25) is 0 Å². The van der Waals surface area contributed by atoms with E-state index in [0.717, 1.165) is 34.0 Å². The summed E-state index contributed by atoms with van der Waals surface area (Å²) >= 11 is 0. The van der Waals surface area contributed by atoms with Crippen LogP contribution in [0.4, 0.5) is 0 Å². The largest absolute Gasteiger partial charge is 0.536 e. The molecule has 8 heteroatoms. The summed E-state index contributed by atoms with van der Waals surface area (Å²) < 4.78 is 5.74. The zero-order valence-corrected chi connectivity index (χ0v) is 20.8. The number of rotatable bonds is 9. The van der Waals surface area contributed by atoms with E-state index >= 15 is 0 Å². The van der Waals surface area contributed by atoms with Crippen molar-refractivity contribution in [1.82, 2.24) is 19.9 Å². The minimum Gasteiger partial charge on any atom is -0.536 e. The number of nitrogens with zero attached hydrogens (tertiary/aromatic N) is 4. The quantitative estimate of drug-likeness (QED) is 0.273. The Morgan fingerprint density at radius 2 is 1.59 bits per heavy atom. The Balaban J connectivity index is 1.24. The topological polar surface area (TPSA) is 88.4 Å². The number of benzene rings is 1. The lowest BCUT2D eigenvalue weighted by Crippen LogP contribution is -2.35. The highest BCUT2D eigenvalue weighted by molar-refractivity contribution is 6.47. The number of aromatic nitrogens is 3. The third-order valence-corrected chi connectivity index (χ3v) is 6.62. The molecule has 0 saturated carbocycles. The number of carbonyl (C=O) groups excluding carboxylic acids is 1. The first kappa shape index (κ1) is 24.8. The van der Waals surface area contributed by atoms with Crippen LogP contribution in [0.2, 0.25) is 5.82 Å². The van der Waals surface area contributed by atoms with E-state index in [2.05, 4.69) is 19.9 Å². The van der Waals surface area contributed by atoms with E-state index in [1.807, 2.05) is 73.7 Å². The van der Waals surface area contributed by atoms with Gasteiger partial charge in [-0.05, 0) is 60.9 Å². The first-order valence-corrected chi connectivity index (χ1v) is 12.5. The van der Waals surface area contributed by atoms with Crippen molar-refractivity contribution in [2.45, 2.75) is 45.2 Å². The Morgan fingerprint density at radius 3 is 2.19 bits per heavy atom. The van der Waals surface area contributed by atoms with Crippen molar-refractivity contribution >= 4 is 12.9 Å². The number of aryl methyl sites for hydroxylation is 1. The lowest BCUT2D eigenvalue weighted by Gasteiger charge is -2.28. The third-order valence-electron chi connectivity index (χ3n) is 6.62. The van der Waals surface area contributed by atoms with Crippen LogP contribution in [-0.4, -0.2) is 37.8 Å². The number of hydrogen-bond donors (Lipinski definition) is 1. The van der Waals surface area contributed by atoms with Gasteiger partial charge in [-0.15, -0.1) is 0 Å². The van der Waals surface area contributed by atoms with Gasteiger partial charge < -0.3 is 9.68 Å². The van der Waals surface area contributed by atoms with E-state index < -0.39 is 7.12 Å². The molecule has 37 heavy (non-hydrogen) atoms. The second kappa shape index (κ2) is 11.5. The van der Waals surface area contributed by atoms with Crippen LogP contribution >= 0.6 is 0 Å². The molecule has 0 aliphatic carbocycles. The molecule has 0 saturated heterocycles. The standard InChI is InChI=1S/C29H29BN4O3/c1-21-7-6-8-22-15-24(30(36)37-29(21)22)16-28(35)23-11-12-27(33-17-23)20-34(18-25-9-2-4-13-31-25)19-26-10-3-5-14-32-26/h2-14,17,24,36H,15-16,18-20H2,1H3/t24-/m0/s1. The van der Waals surface area contributed by atoms with Gasteiger partial charge in [0.25, 0.3) is 0 Å². The minimum atomic E-state index is -1.00. The van der Waals surface area contributed by atoms with Gasteiger partial charge in [-0.25, -0.2) is 0 Å². The molecule has 186 valence electrons. The summed E-state index contributed by atoms with van der Waals surface area (Å²) in [5.41, 5.74) is 5.34. The summed E-state index contributed by atoms with van der Waals surface area (Å²) in [5.74, 6) is 0.376. The van der Waals surface area contributed by atoms with Crippen molar-refractivity contribution in [2.24, 2.45) is 0 Å². The van der Waals surface area contributed by atoms with Gasteiger partial charge in [-0.3, -0.25) is 24.6 Å². The second-order valence-corrected chi connectivity index (χ2v) is 9.49. The molecule has 1 atom stereocenters. The van der Waals surface area contributed by atoms with E-state index in [-0.39, 0.29) is 18.0 Å². The molecule has 0 amide bonds. The predicted molar refractivity (Wildman–Crippen MR) is 142 cm³/mol. The second-order valence-electron chi connectivity index (χ2n) is 9.49. The van der Waals surface area contributed by atoms with Gasteiger partial charge in [0, 0.05) is 56.0 Å². The molecule has 5 rings (SSSR count). The summed E-state index contributed by atoms with van der Waals surface area (Å²) in [6, 6.07) is 21.4. The normalized spacial score (nSPS) is 14.8. The van der Waals surface area contributed by atoms with Crippen LogP contribution in [-0.2, 0) is 26.1 Å². The van der Waals surface area contributed by atoms with Crippen molar-refractivity contribution in [1.29, 1.82) is 0 Å². The molecule has 1 aliphatic rings. The van der Waals surface area contributed by atoms with Gasteiger partial charge >= 0.3 is 7.12 Å². The average molecular weight is 492 g/mol. The first-order chi connectivity index (χ1) is 18.0. The summed E-state index contributed by atoms with van der Waals surface area (Å²) in [6.07, 6.45) is 6.01. The zero-order valence-electron chi connectivity index (χ0n) is 20.8. The van der Waals surface area contributed by atoms with Crippen LogP contribution in [0.1, 0.15) is 45.0 Å². The maximum absolute atomic E-state index is 13.0. The van der Waals surface area contributed by atoms with Crippen LogP contribution < -0.4 is 4.65 Å². The molecule has 7 nitrogen and oxygen atoms in total. The third kappa shape index (κ3) is 6.28. The Kier molecular flexibility index (Phi) is 7.68. The lowest BCUT2D eigenvalue weighted by atomic mass is 9.64. The Morgan fingerprint density at radius 1 is 0.919 bits per heavy atom. The number of fused-ring (bicyclic) bond motifs is 1. The van der Waals surface area contributed by atoms with Crippen molar-refractivity contribution in [3.63, 3.8) is 0 Å². The molecule has 1 aliphatic heterocycles. The number of Topliss-reactive ketones (excluding diaryl/α,β-unsaturated/α-hetero) is 1. The Labute approximate surface area is 217 Å². The number of hydrogen-bond acceptors (Lipinski definition) is 7. The van der Waals surface area contributed by atoms with Gasteiger partial charge in [0.1, 0.15) is 5.75 Å². The molecule has 0 bridgehead atoms. The lowest BCUT2D eigenvalue weighted by molar-refractivity contribution is 0.0975. The molecule has 0 spiro atoms. The fourth-order valence-corrected chi connectivity index (χ4v) is 4.69. The molecular formula is C29H29BN4O3. The smallest absolute Gasteiger partial charge is 0.526 e. The number of carbonyl (C=O) groups is 1. The van der Waals surface area contributed by atoms with E-state index in [1.54, 1.807) is 18.6 Å². The minimum absolute atomic E-state index is 0.0540. The summed E-state index contributed by atoms with van der Waals surface area (Å²) in [7, 11) is -1.00. The van der Waals surface area contributed by atoms with Gasteiger partial charge in [0.05, 0.1) is 17.1 Å². The molecule has 1 aromatic carbocycles. The predicted octanol–water partition coefficient (Wildman–Crippen LogP) is 4.44. The SMILES string of the molecule is Cc1cccc2c1OB(O)[C@H](CC(=O)c1ccc(CN(Cc3ccccn3)Cc3ccccn3)nc1)C2. The zero-order chi connectivity index (χ0) is 25.6. The highest BCUT2D eigenvalue weighted by Crippen LogP contribution is 2.36. The van der Waals surface area contributed by atoms with E-state index in [1.165, 1.54) is 0 Å². The van der Waals surface area contributed by atoms with Gasteiger partial charge in [-0.1, -0.05) is 30.3 Å².